The summed E-state index contributed by atoms with van der Waals surface area (Å²) in [5.74, 6) is 0.356. The van der Waals surface area contributed by atoms with Gasteiger partial charge in [-0.3, -0.25) is 14.5 Å². The van der Waals surface area contributed by atoms with E-state index in [4.69, 9.17) is 27.9 Å². The molecule has 182 valence electrons. The Morgan fingerprint density at radius 2 is 1.70 bits per heavy atom. The number of imide groups is 1. The van der Waals surface area contributed by atoms with Gasteiger partial charge in [0, 0.05) is 28.9 Å². The Bertz CT molecular complexity index is 1570. The van der Waals surface area contributed by atoms with Crippen LogP contribution < -0.4 is 4.74 Å². The molecule has 0 spiro atoms. The van der Waals surface area contributed by atoms with E-state index in [-0.39, 0.29) is 18.4 Å². The van der Waals surface area contributed by atoms with Crippen LogP contribution in [0.2, 0.25) is 10.0 Å². The molecule has 6 nitrogen and oxygen atoms in total. The summed E-state index contributed by atoms with van der Waals surface area (Å²) in [7, 11) is 0. The number of rotatable bonds is 7. The van der Waals surface area contributed by atoms with Gasteiger partial charge in [0.2, 0.25) is 0 Å². The second kappa shape index (κ2) is 10.6. The van der Waals surface area contributed by atoms with E-state index < -0.39 is 0 Å². The summed E-state index contributed by atoms with van der Waals surface area (Å²) in [6, 6.07) is 21.2. The monoisotopic (exact) mass is 545 g/mol. The first-order valence-electron chi connectivity index (χ1n) is 11.2. The molecular formula is C28H17Cl2N3O3S. The van der Waals surface area contributed by atoms with E-state index >= 15 is 0 Å². The first kappa shape index (κ1) is 24.7. The second-order valence-corrected chi connectivity index (χ2v) is 9.79. The highest BCUT2D eigenvalue weighted by atomic mass is 35.5. The van der Waals surface area contributed by atoms with Crippen molar-refractivity contribution in [3.05, 3.63) is 110 Å². The highest BCUT2D eigenvalue weighted by molar-refractivity contribution is 7.11. The van der Waals surface area contributed by atoms with Crippen molar-refractivity contribution in [1.82, 2.24) is 9.88 Å². The van der Waals surface area contributed by atoms with Crippen molar-refractivity contribution in [3.63, 3.8) is 0 Å². The molecule has 0 saturated carbocycles. The minimum absolute atomic E-state index is 0.208. The van der Waals surface area contributed by atoms with Gasteiger partial charge in [-0.15, -0.1) is 11.3 Å². The molecule has 0 saturated heterocycles. The van der Waals surface area contributed by atoms with Gasteiger partial charge in [-0.25, -0.2) is 4.98 Å². The Labute approximate surface area is 227 Å². The lowest BCUT2D eigenvalue weighted by atomic mass is 10.1. The number of hydrogen-bond donors (Lipinski definition) is 0. The number of carbonyl (C=O) groups is 2. The number of hydrogen-bond acceptors (Lipinski definition) is 6. The van der Waals surface area contributed by atoms with Gasteiger partial charge in [-0.2, -0.15) is 5.26 Å². The van der Waals surface area contributed by atoms with Gasteiger partial charge in [0.05, 0.1) is 27.4 Å². The molecule has 9 heteroatoms. The van der Waals surface area contributed by atoms with E-state index in [9.17, 15) is 14.9 Å². The number of allylic oxidation sites excluding steroid dienone is 1. The third kappa shape index (κ3) is 5.13. The predicted octanol–water partition coefficient (Wildman–Crippen LogP) is 7.15. The third-order valence-electron chi connectivity index (χ3n) is 5.71. The number of nitrogens with zero attached hydrogens (tertiary/aromatic N) is 3. The van der Waals surface area contributed by atoms with E-state index in [2.05, 4.69) is 11.1 Å². The molecule has 2 amide bonds. The van der Waals surface area contributed by atoms with E-state index in [0.29, 0.717) is 60.9 Å². The number of nitriles is 1. The van der Waals surface area contributed by atoms with Crippen LogP contribution in [0.15, 0.2) is 72.1 Å². The molecule has 1 aliphatic heterocycles. The Morgan fingerprint density at radius 1 is 1.00 bits per heavy atom. The van der Waals surface area contributed by atoms with Crippen LogP contribution in [0.1, 0.15) is 37.0 Å². The number of thiazole rings is 1. The normalized spacial score (nSPS) is 13.0. The van der Waals surface area contributed by atoms with Gasteiger partial charge in [0.1, 0.15) is 22.6 Å². The lowest BCUT2D eigenvalue weighted by molar-refractivity contribution is 0.0656. The van der Waals surface area contributed by atoms with Crippen LogP contribution in [0.4, 0.5) is 0 Å². The fourth-order valence-corrected chi connectivity index (χ4v) is 5.15. The average molecular weight is 546 g/mol. The molecule has 5 rings (SSSR count). The molecule has 1 aliphatic rings. The molecule has 37 heavy (non-hydrogen) atoms. The van der Waals surface area contributed by atoms with Gasteiger partial charge < -0.3 is 4.74 Å². The summed E-state index contributed by atoms with van der Waals surface area (Å²) in [6.07, 6.45) is 2.08. The lowest BCUT2D eigenvalue weighted by Crippen LogP contribution is -2.31. The fraction of sp³-hybridized carbons (Fsp3) is 0.0714. The van der Waals surface area contributed by atoms with Crippen molar-refractivity contribution in [2.24, 2.45) is 0 Å². The van der Waals surface area contributed by atoms with Crippen LogP contribution in [0, 0.1) is 11.3 Å². The number of benzene rings is 3. The molecule has 0 aliphatic carbocycles. The first-order valence-corrected chi connectivity index (χ1v) is 12.8. The Balaban J connectivity index is 1.33. The Morgan fingerprint density at radius 3 is 2.41 bits per heavy atom. The van der Waals surface area contributed by atoms with Crippen molar-refractivity contribution in [1.29, 1.82) is 5.26 Å². The molecule has 3 aromatic carbocycles. The molecule has 2 heterocycles. The summed E-state index contributed by atoms with van der Waals surface area (Å²) < 4.78 is 5.99. The summed E-state index contributed by atoms with van der Waals surface area (Å²) >= 11 is 13.5. The van der Waals surface area contributed by atoms with Crippen molar-refractivity contribution >= 4 is 58.0 Å². The van der Waals surface area contributed by atoms with Crippen LogP contribution in [0.25, 0.3) is 11.6 Å². The number of carbonyl (C=O) groups excluding carboxylic acids is 2. The number of ether oxygens (including phenoxy) is 1. The van der Waals surface area contributed by atoms with Crippen LogP contribution in [-0.4, -0.2) is 28.2 Å². The zero-order valence-corrected chi connectivity index (χ0v) is 21.5. The summed E-state index contributed by atoms with van der Waals surface area (Å²) in [4.78, 5) is 31.0. The molecule has 4 aromatic rings. The average Bonchev–Trinajstić information content (AvgIpc) is 3.47. The van der Waals surface area contributed by atoms with E-state index in [1.54, 1.807) is 54.6 Å². The molecule has 0 N–H and O–H groups in total. The number of aromatic nitrogens is 1. The van der Waals surface area contributed by atoms with Gasteiger partial charge >= 0.3 is 0 Å². The molecule has 0 unspecified atom stereocenters. The van der Waals surface area contributed by atoms with E-state index in [0.717, 1.165) is 0 Å². The zero-order chi connectivity index (χ0) is 25.9. The maximum Gasteiger partial charge on any atom is 0.261 e. The molecule has 0 fully saturated rings. The molecule has 1 aromatic heterocycles. The SMILES string of the molecule is N#C/C(=C\c1ccccc1Oc1ccc(Cl)cc1Cl)c1nc(CCN2C(=O)c3ccccc3C2=O)cs1. The summed E-state index contributed by atoms with van der Waals surface area (Å²) in [6.45, 7) is 0.208. The second-order valence-electron chi connectivity index (χ2n) is 8.09. The number of amides is 2. The summed E-state index contributed by atoms with van der Waals surface area (Å²) in [5.41, 5.74) is 2.56. The van der Waals surface area contributed by atoms with Crippen LogP contribution in [0.3, 0.4) is 0 Å². The fourth-order valence-electron chi connectivity index (χ4n) is 3.88. The van der Waals surface area contributed by atoms with Gasteiger partial charge in [-0.05, 0) is 42.5 Å². The standard InChI is InChI=1S/C28H17Cl2N3O3S/c29-19-9-10-25(23(30)14-19)36-24-8-4-1-5-17(24)13-18(15-31)26-32-20(16-37-26)11-12-33-27(34)21-6-2-3-7-22(21)28(33)35/h1-10,13-14,16H,11-12H2/b18-13+. The van der Waals surface area contributed by atoms with Crippen LogP contribution in [-0.2, 0) is 6.42 Å². The minimum atomic E-state index is -0.300. The number of para-hydroxylation sites is 1. The molecule has 0 radical (unpaired) electrons. The largest absolute Gasteiger partial charge is 0.455 e. The quantitative estimate of drug-likeness (QED) is 0.182. The smallest absolute Gasteiger partial charge is 0.261 e. The molecule has 0 atom stereocenters. The number of fused-ring (bicyclic) bond motifs is 1. The molecule has 0 bridgehead atoms. The van der Waals surface area contributed by atoms with E-state index in [1.807, 2.05) is 23.6 Å². The van der Waals surface area contributed by atoms with Crippen LogP contribution in [0.5, 0.6) is 11.5 Å². The third-order valence-corrected chi connectivity index (χ3v) is 7.16. The Kier molecular flexibility index (Phi) is 7.06. The van der Waals surface area contributed by atoms with Gasteiger partial charge in [-0.1, -0.05) is 53.5 Å². The van der Waals surface area contributed by atoms with Crippen molar-refractivity contribution in [2.75, 3.05) is 6.54 Å². The van der Waals surface area contributed by atoms with E-state index in [1.165, 1.54) is 16.2 Å². The maximum atomic E-state index is 12.6. The lowest BCUT2D eigenvalue weighted by Gasteiger charge is -2.12. The van der Waals surface area contributed by atoms with Crippen molar-refractivity contribution in [2.45, 2.75) is 6.42 Å². The highest BCUT2D eigenvalue weighted by Crippen LogP contribution is 2.34. The van der Waals surface area contributed by atoms with Crippen molar-refractivity contribution < 1.29 is 14.3 Å². The highest BCUT2D eigenvalue weighted by Gasteiger charge is 2.34. The van der Waals surface area contributed by atoms with Crippen LogP contribution >= 0.6 is 34.5 Å². The van der Waals surface area contributed by atoms with Gasteiger partial charge in [0.25, 0.3) is 11.8 Å². The minimum Gasteiger partial charge on any atom is -0.455 e. The molecular weight excluding hydrogens is 529 g/mol. The topological polar surface area (TPSA) is 83.3 Å². The number of halogens is 2. The first-order chi connectivity index (χ1) is 17.9. The maximum absolute atomic E-state index is 12.6. The summed E-state index contributed by atoms with van der Waals surface area (Å²) in [5, 5.41) is 13.1. The zero-order valence-electron chi connectivity index (χ0n) is 19.2. The predicted molar refractivity (Wildman–Crippen MR) is 144 cm³/mol. The van der Waals surface area contributed by atoms with Crippen molar-refractivity contribution in [3.8, 4) is 17.6 Å². The Hall–Kier alpha value is -3.96. The van der Waals surface area contributed by atoms with Gasteiger partial charge in [0.15, 0.2) is 0 Å².